The maximum absolute atomic E-state index is 13.3. The number of fused-ring (bicyclic) bond motifs is 1. The number of methoxy groups -OCH3 is 2. The molecule has 29 heavy (non-hydrogen) atoms. The van der Waals surface area contributed by atoms with Crippen molar-refractivity contribution in [1.82, 2.24) is 14.1 Å². The number of rotatable bonds is 4. The Bertz CT molecular complexity index is 1410. The van der Waals surface area contributed by atoms with Gasteiger partial charge in [0.1, 0.15) is 21.8 Å². The molecule has 0 fully saturated rings. The van der Waals surface area contributed by atoms with Gasteiger partial charge in [-0.2, -0.15) is 0 Å². The Hall–Kier alpha value is -2.75. The number of H-pyrrole nitrogens is 1. The summed E-state index contributed by atoms with van der Waals surface area (Å²) in [6.07, 6.45) is 0. The number of nitrogens with one attached hydrogen (secondary N) is 1. The Balaban J connectivity index is 2.08. The highest BCUT2D eigenvalue weighted by Gasteiger charge is 2.18. The van der Waals surface area contributed by atoms with Crippen LogP contribution in [0.3, 0.4) is 0 Å². The smallest absolute Gasteiger partial charge is 0.278 e. The van der Waals surface area contributed by atoms with E-state index >= 15 is 0 Å². The molecule has 0 aliphatic rings. The number of hydrogen-bond acceptors (Lipinski definition) is 6. The Morgan fingerprint density at radius 3 is 2.45 bits per heavy atom. The highest BCUT2D eigenvalue weighted by molar-refractivity contribution is 7.73. The Labute approximate surface area is 180 Å². The topological polar surface area (TPSA) is 61.2 Å². The Kier molecular flexibility index (Phi) is 5.12. The first-order valence-corrected chi connectivity index (χ1v) is 10.3. The Morgan fingerprint density at radius 1 is 1.00 bits per heavy atom. The number of para-hydroxylation sites is 1. The number of thiazole rings is 1. The van der Waals surface area contributed by atoms with Crippen LogP contribution in [-0.4, -0.2) is 28.3 Å². The lowest BCUT2D eigenvalue weighted by Crippen LogP contribution is -2.21. The SMILES string of the molecule is COc1ccc(OC)c(-n2c(=S)sc3c(=O)n(-c4ccccc4C)c(=S)[nH]c32)c1. The third-order valence-corrected chi connectivity index (χ3v) is 6.27. The van der Waals surface area contributed by atoms with Crippen molar-refractivity contribution >= 4 is 46.1 Å². The van der Waals surface area contributed by atoms with E-state index in [0.717, 1.165) is 11.3 Å². The van der Waals surface area contributed by atoms with Crippen LogP contribution in [0.2, 0.25) is 0 Å². The molecule has 2 aromatic heterocycles. The first kappa shape index (κ1) is 19.6. The van der Waals surface area contributed by atoms with Gasteiger partial charge < -0.3 is 14.5 Å². The van der Waals surface area contributed by atoms with E-state index in [1.807, 2.05) is 37.3 Å². The van der Waals surface area contributed by atoms with Crippen molar-refractivity contribution in [3.63, 3.8) is 0 Å². The second kappa shape index (κ2) is 7.58. The Morgan fingerprint density at radius 2 is 1.76 bits per heavy atom. The number of ether oxygens (including phenoxy) is 2. The fourth-order valence-electron chi connectivity index (χ4n) is 3.21. The van der Waals surface area contributed by atoms with E-state index in [-0.39, 0.29) is 5.56 Å². The maximum Gasteiger partial charge on any atom is 0.278 e. The number of hydrogen-bond donors (Lipinski definition) is 1. The van der Waals surface area contributed by atoms with Gasteiger partial charge in [0.25, 0.3) is 5.56 Å². The standard InChI is InChI=1S/C20H17N3O3S3/c1-11-6-4-5-7-13(11)23-18(24)16-17(21-19(23)27)22(20(28)29-16)14-10-12(25-2)8-9-15(14)26-3/h4-10H,1-3H3,(H,21,27). The van der Waals surface area contributed by atoms with Crippen LogP contribution in [0.5, 0.6) is 11.5 Å². The minimum atomic E-state index is -0.213. The molecule has 0 radical (unpaired) electrons. The molecule has 148 valence electrons. The van der Waals surface area contributed by atoms with E-state index in [1.54, 1.807) is 30.9 Å². The third kappa shape index (κ3) is 3.21. The van der Waals surface area contributed by atoms with E-state index in [2.05, 4.69) is 4.98 Å². The minimum absolute atomic E-state index is 0.213. The van der Waals surface area contributed by atoms with Crippen molar-refractivity contribution in [1.29, 1.82) is 0 Å². The zero-order valence-corrected chi connectivity index (χ0v) is 18.3. The van der Waals surface area contributed by atoms with Gasteiger partial charge in [-0.1, -0.05) is 29.5 Å². The fourth-order valence-corrected chi connectivity index (χ4v) is 4.80. The molecular weight excluding hydrogens is 426 g/mol. The van der Waals surface area contributed by atoms with Crippen molar-refractivity contribution in [2.24, 2.45) is 0 Å². The summed E-state index contributed by atoms with van der Waals surface area (Å²) in [6.45, 7) is 1.94. The molecule has 0 saturated heterocycles. The van der Waals surface area contributed by atoms with E-state index in [4.69, 9.17) is 33.9 Å². The summed E-state index contributed by atoms with van der Waals surface area (Å²) in [7, 11) is 3.17. The molecule has 0 amide bonds. The van der Waals surface area contributed by atoms with Gasteiger partial charge >= 0.3 is 0 Å². The van der Waals surface area contributed by atoms with Gasteiger partial charge in [-0.25, -0.2) is 0 Å². The number of aromatic nitrogens is 3. The van der Waals surface area contributed by atoms with Gasteiger partial charge in [0.05, 0.1) is 25.6 Å². The van der Waals surface area contributed by atoms with Crippen LogP contribution in [0.4, 0.5) is 0 Å². The second-order valence-electron chi connectivity index (χ2n) is 6.28. The molecule has 0 unspecified atom stereocenters. The third-order valence-electron chi connectivity index (χ3n) is 4.62. The van der Waals surface area contributed by atoms with Gasteiger partial charge in [-0.05, 0) is 55.1 Å². The van der Waals surface area contributed by atoms with E-state index in [9.17, 15) is 4.79 Å². The van der Waals surface area contributed by atoms with Crippen LogP contribution in [-0.2, 0) is 0 Å². The summed E-state index contributed by atoms with van der Waals surface area (Å²) in [5.41, 5.74) is 2.68. The maximum atomic E-state index is 13.3. The van der Waals surface area contributed by atoms with Gasteiger partial charge in [0.15, 0.2) is 8.73 Å². The van der Waals surface area contributed by atoms with Crippen LogP contribution in [0, 0.1) is 15.6 Å². The molecule has 1 N–H and O–H groups in total. The van der Waals surface area contributed by atoms with E-state index < -0.39 is 0 Å². The lowest BCUT2D eigenvalue weighted by atomic mass is 10.2. The molecule has 2 heterocycles. The molecule has 0 spiro atoms. The van der Waals surface area contributed by atoms with Crippen LogP contribution >= 0.6 is 35.8 Å². The zero-order chi connectivity index (χ0) is 20.7. The largest absolute Gasteiger partial charge is 0.497 e. The molecule has 2 aromatic carbocycles. The predicted octanol–water partition coefficient (Wildman–Crippen LogP) is 4.96. The summed E-state index contributed by atoms with van der Waals surface area (Å²) in [5, 5.41) is 0. The zero-order valence-electron chi connectivity index (χ0n) is 15.9. The number of aryl methyl sites for hydroxylation is 1. The highest BCUT2D eigenvalue weighted by Crippen LogP contribution is 2.32. The molecule has 6 nitrogen and oxygen atoms in total. The van der Waals surface area contributed by atoms with Crippen molar-refractivity contribution < 1.29 is 9.47 Å². The minimum Gasteiger partial charge on any atom is -0.497 e. The molecule has 9 heteroatoms. The molecule has 0 aliphatic heterocycles. The summed E-state index contributed by atoms with van der Waals surface area (Å²) < 4.78 is 15.4. The molecule has 4 aromatic rings. The van der Waals surface area contributed by atoms with Crippen molar-refractivity contribution in [3.05, 3.63) is 67.1 Å². The van der Waals surface area contributed by atoms with Crippen molar-refractivity contribution in [2.75, 3.05) is 14.2 Å². The number of benzene rings is 2. The summed E-state index contributed by atoms with van der Waals surface area (Å²) in [4.78, 5) is 16.5. The molecule has 4 rings (SSSR count). The first-order chi connectivity index (χ1) is 14.0. The molecule has 0 aliphatic carbocycles. The van der Waals surface area contributed by atoms with Crippen LogP contribution < -0.4 is 15.0 Å². The van der Waals surface area contributed by atoms with Gasteiger partial charge in [0.2, 0.25) is 0 Å². The summed E-state index contributed by atoms with van der Waals surface area (Å²) in [5.74, 6) is 1.25. The predicted molar refractivity (Wildman–Crippen MR) is 121 cm³/mol. The van der Waals surface area contributed by atoms with Crippen molar-refractivity contribution in [3.8, 4) is 22.9 Å². The lowest BCUT2D eigenvalue weighted by Gasteiger charge is -2.13. The average molecular weight is 444 g/mol. The molecule has 0 atom stereocenters. The highest BCUT2D eigenvalue weighted by atomic mass is 32.1. The van der Waals surface area contributed by atoms with Crippen LogP contribution in [0.1, 0.15) is 5.56 Å². The first-order valence-electron chi connectivity index (χ1n) is 8.65. The number of aromatic amines is 1. The summed E-state index contributed by atoms with van der Waals surface area (Å²) in [6, 6.07) is 13.0. The molecule has 0 bridgehead atoms. The van der Waals surface area contributed by atoms with Gasteiger partial charge in [0, 0.05) is 6.07 Å². The molecular formula is C20H17N3O3S3. The van der Waals surface area contributed by atoms with Crippen LogP contribution in [0.15, 0.2) is 47.3 Å². The lowest BCUT2D eigenvalue weighted by molar-refractivity contribution is 0.401. The second-order valence-corrected chi connectivity index (χ2v) is 8.31. The number of nitrogens with zero attached hydrogens (tertiary/aromatic N) is 2. The van der Waals surface area contributed by atoms with E-state index in [0.29, 0.717) is 36.3 Å². The quantitative estimate of drug-likeness (QED) is 0.452. The van der Waals surface area contributed by atoms with Crippen LogP contribution in [0.25, 0.3) is 21.7 Å². The van der Waals surface area contributed by atoms with E-state index in [1.165, 1.54) is 15.9 Å². The summed E-state index contributed by atoms with van der Waals surface area (Å²) >= 11 is 12.4. The fraction of sp³-hybridized carbons (Fsp3) is 0.150. The normalized spacial score (nSPS) is 11.0. The van der Waals surface area contributed by atoms with Gasteiger partial charge in [-0.3, -0.25) is 13.9 Å². The van der Waals surface area contributed by atoms with Crippen molar-refractivity contribution in [2.45, 2.75) is 6.92 Å². The monoisotopic (exact) mass is 443 g/mol. The average Bonchev–Trinajstić information content (AvgIpc) is 3.04. The van der Waals surface area contributed by atoms with Gasteiger partial charge in [-0.15, -0.1) is 0 Å². The molecule has 0 saturated carbocycles.